The third-order valence-electron chi connectivity index (χ3n) is 2.49. The lowest BCUT2D eigenvalue weighted by atomic mass is 10.1. The van der Waals surface area contributed by atoms with E-state index in [0.717, 1.165) is 25.9 Å². The van der Waals surface area contributed by atoms with E-state index in [1.807, 2.05) is 0 Å². The lowest BCUT2D eigenvalue weighted by Crippen LogP contribution is -2.44. The van der Waals surface area contributed by atoms with Crippen molar-refractivity contribution in [2.24, 2.45) is 10.9 Å². The SMILES string of the molecule is CCCCN(CC)C(CC)C(N)=NO. The summed E-state index contributed by atoms with van der Waals surface area (Å²) in [4.78, 5) is 2.25. The summed E-state index contributed by atoms with van der Waals surface area (Å²) in [6.07, 6.45) is 3.21. The van der Waals surface area contributed by atoms with Crippen LogP contribution < -0.4 is 5.73 Å². The van der Waals surface area contributed by atoms with E-state index in [4.69, 9.17) is 10.9 Å². The summed E-state index contributed by atoms with van der Waals surface area (Å²) in [5.74, 6) is 0.324. The number of hydrogen-bond acceptors (Lipinski definition) is 3. The fourth-order valence-electron chi connectivity index (χ4n) is 1.62. The molecule has 0 radical (unpaired) electrons. The lowest BCUT2D eigenvalue weighted by Gasteiger charge is -2.28. The van der Waals surface area contributed by atoms with Crippen LogP contribution in [-0.4, -0.2) is 35.1 Å². The Morgan fingerprint density at radius 1 is 1.43 bits per heavy atom. The summed E-state index contributed by atoms with van der Waals surface area (Å²) in [6.45, 7) is 8.27. The van der Waals surface area contributed by atoms with Gasteiger partial charge in [-0.25, -0.2) is 0 Å². The van der Waals surface area contributed by atoms with Crippen LogP contribution in [0.2, 0.25) is 0 Å². The molecule has 14 heavy (non-hydrogen) atoms. The highest BCUT2D eigenvalue weighted by molar-refractivity contribution is 5.85. The monoisotopic (exact) mass is 201 g/mol. The maximum atomic E-state index is 8.64. The molecular formula is C10H23N3O. The molecule has 0 fully saturated rings. The smallest absolute Gasteiger partial charge is 0.156 e. The zero-order valence-corrected chi connectivity index (χ0v) is 9.53. The molecule has 0 amide bonds. The van der Waals surface area contributed by atoms with Crippen molar-refractivity contribution in [3.8, 4) is 0 Å². The van der Waals surface area contributed by atoms with Gasteiger partial charge in [0.1, 0.15) is 0 Å². The van der Waals surface area contributed by atoms with Gasteiger partial charge in [0.2, 0.25) is 0 Å². The molecule has 3 N–H and O–H groups in total. The Bertz CT molecular complexity index is 171. The van der Waals surface area contributed by atoms with E-state index < -0.39 is 0 Å². The van der Waals surface area contributed by atoms with Crippen molar-refractivity contribution >= 4 is 5.84 Å². The van der Waals surface area contributed by atoms with Gasteiger partial charge in [-0.3, -0.25) is 4.90 Å². The summed E-state index contributed by atoms with van der Waals surface area (Å²) in [5, 5.41) is 11.7. The first-order valence-corrected chi connectivity index (χ1v) is 5.42. The number of rotatable bonds is 7. The van der Waals surface area contributed by atoms with Crippen LogP contribution >= 0.6 is 0 Å². The molecule has 84 valence electrons. The molecule has 0 aromatic rings. The van der Waals surface area contributed by atoms with E-state index in [9.17, 15) is 0 Å². The van der Waals surface area contributed by atoms with Crippen LogP contribution in [0.3, 0.4) is 0 Å². The first kappa shape index (κ1) is 13.2. The summed E-state index contributed by atoms with van der Waals surface area (Å²) in [7, 11) is 0. The molecule has 0 bridgehead atoms. The van der Waals surface area contributed by atoms with E-state index in [0.29, 0.717) is 5.84 Å². The van der Waals surface area contributed by atoms with Gasteiger partial charge in [0.25, 0.3) is 0 Å². The molecule has 4 nitrogen and oxygen atoms in total. The fraction of sp³-hybridized carbons (Fsp3) is 0.900. The van der Waals surface area contributed by atoms with Crippen LogP contribution in [0.5, 0.6) is 0 Å². The highest BCUT2D eigenvalue weighted by Crippen LogP contribution is 2.06. The minimum atomic E-state index is 0.0801. The van der Waals surface area contributed by atoms with E-state index >= 15 is 0 Å². The van der Waals surface area contributed by atoms with E-state index in [2.05, 4.69) is 30.8 Å². The van der Waals surface area contributed by atoms with Gasteiger partial charge < -0.3 is 10.9 Å². The maximum absolute atomic E-state index is 8.64. The topological polar surface area (TPSA) is 61.8 Å². The van der Waals surface area contributed by atoms with Crippen LogP contribution in [0, 0.1) is 0 Å². The second kappa shape index (κ2) is 7.62. The number of hydrogen-bond donors (Lipinski definition) is 2. The normalized spacial score (nSPS) is 14.7. The number of unbranched alkanes of at least 4 members (excludes halogenated alkanes) is 1. The molecule has 0 aliphatic carbocycles. The Morgan fingerprint density at radius 3 is 2.43 bits per heavy atom. The third-order valence-corrected chi connectivity index (χ3v) is 2.49. The number of oxime groups is 1. The Kier molecular flexibility index (Phi) is 7.20. The van der Waals surface area contributed by atoms with Crippen LogP contribution in [-0.2, 0) is 0 Å². The molecule has 0 aromatic heterocycles. The Morgan fingerprint density at radius 2 is 2.07 bits per heavy atom. The summed E-state index contributed by atoms with van der Waals surface area (Å²) < 4.78 is 0. The highest BCUT2D eigenvalue weighted by atomic mass is 16.4. The predicted molar refractivity (Wildman–Crippen MR) is 59.6 cm³/mol. The predicted octanol–water partition coefficient (Wildman–Crippen LogP) is 1.63. The lowest BCUT2D eigenvalue weighted by molar-refractivity contribution is 0.235. The van der Waals surface area contributed by atoms with Gasteiger partial charge in [0, 0.05) is 0 Å². The first-order chi connectivity index (χ1) is 6.71. The molecule has 0 rings (SSSR count). The molecule has 1 atom stereocenters. The van der Waals surface area contributed by atoms with Gasteiger partial charge >= 0.3 is 0 Å². The zero-order chi connectivity index (χ0) is 11.0. The van der Waals surface area contributed by atoms with Gasteiger partial charge in [-0.1, -0.05) is 32.3 Å². The molecule has 4 heteroatoms. The van der Waals surface area contributed by atoms with Gasteiger partial charge in [-0.05, 0) is 25.9 Å². The second-order valence-electron chi connectivity index (χ2n) is 3.43. The first-order valence-electron chi connectivity index (χ1n) is 5.42. The molecule has 0 saturated heterocycles. The van der Waals surface area contributed by atoms with E-state index in [1.165, 1.54) is 6.42 Å². The van der Waals surface area contributed by atoms with Crippen molar-refractivity contribution in [1.82, 2.24) is 4.90 Å². The Labute approximate surface area is 86.8 Å². The summed E-state index contributed by atoms with van der Waals surface area (Å²) >= 11 is 0. The minimum Gasteiger partial charge on any atom is -0.409 e. The number of amidine groups is 1. The molecule has 1 unspecified atom stereocenters. The second-order valence-corrected chi connectivity index (χ2v) is 3.43. The minimum absolute atomic E-state index is 0.0801. The molecular weight excluding hydrogens is 178 g/mol. The Hall–Kier alpha value is -0.770. The van der Waals surface area contributed by atoms with Crippen molar-refractivity contribution in [3.05, 3.63) is 0 Å². The van der Waals surface area contributed by atoms with Crippen LogP contribution in [0.4, 0.5) is 0 Å². The number of nitrogens with two attached hydrogens (primary N) is 1. The van der Waals surface area contributed by atoms with E-state index in [-0.39, 0.29) is 6.04 Å². The van der Waals surface area contributed by atoms with Crippen molar-refractivity contribution < 1.29 is 5.21 Å². The van der Waals surface area contributed by atoms with Crippen molar-refractivity contribution in [3.63, 3.8) is 0 Å². The average Bonchev–Trinajstić information content (AvgIpc) is 2.23. The van der Waals surface area contributed by atoms with Crippen molar-refractivity contribution in [1.29, 1.82) is 0 Å². The largest absolute Gasteiger partial charge is 0.409 e. The molecule has 0 aliphatic rings. The van der Waals surface area contributed by atoms with Gasteiger partial charge in [-0.2, -0.15) is 0 Å². The van der Waals surface area contributed by atoms with Crippen molar-refractivity contribution in [2.45, 2.75) is 46.1 Å². The average molecular weight is 201 g/mol. The molecule has 0 aromatic carbocycles. The van der Waals surface area contributed by atoms with E-state index in [1.54, 1.807) is 0 Å². The number of likely N-dealkylation sites (N-methyl/N-ethyl adjacent to an activating group) is 1. The fourth-order valence-corrected chi connectivity index (χ4v) is 1.62. The third kappa shape index (κ3) is 3.96. The molecule has 0 heterocycles. The molecule has 0 saturated carbocycles. The summed E-state index contributed by atoms with van der Waals surface area (Å²) in [5.41, 5.74) is 5.63. The molecule has 0 spiro atoms. The quantitative estimate of drug-likeness (QED) is 0.285. The van der Waals surface area contributed by atoms with Crippen LogP contribution in [0.1, 0.15) is 40.0 Å². The van der Waals surface area contributed by atoms with Crippen LogP contribution in [0.15, 0.2) is 5.16 Å². The van der Waals surface area contributed by atoms with Gasteiger partial charge in [-0.15, -0.1) is 0 Å². The van der Waals surface area contributed by atoms with Gasteiger partial charge in [0.15, 0.2) is 5.84 Å². The van der Waals surface area contributed by atoms with Crippen LogP contribution in [0.25, 0.3) is 0 Å². The molecule has 0 aliphatic heterocycles. The zero-order valence-electron chi connectivity index (χ0n) is 9.53. The summed E-state index contributed by atoms with van der Waals surface area (Å²) in [6, 6.07) is 0.0801. The standard InChI is InChI=1S/C10H23N3O/c1-4-7-8-13(6-3)9(5-2)10(11)12-14/h9,14H,4-8H2,1-3H3,(H2,11,12). The van der Waals surface area contributed by atoms with Gasteiger partial charge in [0.05, 0.1) is 6.04 Å². The maximum Gasteiger partial charge on any atom is 0.156 e. The number of nitrogens with zero attached hydrogens (tertiary/aromatic N) is 2. The van der Waals surface area contributed by atoms with Crippen molar-refractivity contribution in [2.75, 3.05) is 13.1 Å². The Balaban J connectivity index is 4.29. The highest BCUT2D eigenvalue weighted by Gasteiger charge is 2.18.